The van der Waals surface area contributed by atoms with Crippen molar-refractivity contribution in [1.82, 2.24) is 9.80 Å². The summed E-state index contributed by atoms with van der Waals surface area (Å²) in [5.74, 6) is 0.472. The standard InChI is InChI=1S/C17H24N2O2/c20-16-12-18(11-14-5-2-1-3-6-14)9-10-19(13-16)17(21)15-7-4-8-15/h1-3,5-6,15-16,20H,4,7-13H2/t16-/m0/s1. The van der Waals surface area contributed by atoms with Crippen molar-refractivity contribution in [3.8, 4) is 0 Å². The molecule has 1 heterocycles. The fourth-order valence-electron chi connectivity index (χ4n) is 3.15. The Balaban J connectivity index is 1.58. The molecule has 2 aliphatic rings. The Hall–Kier alpha value is -1.39. The van der Waals surface area contributed by atoms with Crippen molar-refractivity contribution in [1.29, 1.82) is 0 Å². The smallest absolute Gasteiger partial charge is 0.225 e. The van der Waals surface area contributed by atoms with E-state index in [9.17, 15) is 9.90 Å². The summed E-state index contributed by atoms with van der Waals surface area (Å²) in [6.45, 7) is 3.54. The molecule has 0 unspecified atom stereocenters. The van der Waals surface area contributed by atoms with Gasteiger partial charge in [0.05, 0.1) is 6.10 Å². The lowest BCUT2D eigenvalue weighted by atomic mass is 9.84. The van der Waals surface area contributed by atoms with E-state index in [1.165, 1.54) is 12.0 Å². The topological polar surface area (TPSA) is 43.8 Å². The van der Waals surface area contributed by atoms with Gasteiger partial charge in [0.15, 0.2) is 0 Å². The summed E-state index contributed by atoms with van der Waals surface area (Å²) in [5.41, 5.74) is 1.25. The molecule has 1 aromatic carbocycles. The molecule has 1 atom stereocenters. The number of aliphatic hydroxyl groups is 1. The Kier molecular flexibility index (Phi) is 4.56. The molecule has 3 rings (SSSR count). The van der Waals surface area contributed by atoms with Gasteiger partial charge in [-0.3, -0.25) is 9.69 Å². The second-order valence-corrected chi connectivity index (χ2v) is 6.29. The normalized spacial score (nSPS) is 24.4. The fraction of sp³-hybridized carbons (Fsp3) is 0.588. The average molecular weight is 288 g/mol. The quantitative estimate of drug-likeness (QED) is 0.916. The molecule has 1 amide bonds. The van der Waals surface area contributed by atoms with E-state index in [4.69, 9.17) is 0 Å². The summed E-state index contributed by atoms with van der Waals surface area (Å²) in [5, 5.41) is 10.2. The fourth-order valence-corrected chi connectivity index (χ4v) is 3.15. The molecule has 1 saturated carbocycles. The number of nitrogens with zero attached hydrogens (tertiary/aromatic N) is 2. The van der Waals surface area contributed by atoms with Gasteiger partial charge in [0, 0.05) is 38.6 Å². The summed E-state index contributed by atoms with van der Waals surface area (Å²) in [6, 6.07) is 10.3. The van der Waals surface area contributed by atoms with Crippen LogP contribution in [0.15, 0.2) is 30.3 Å². The molecule has 114 valence electrons. The highest BCUT2D eigenvalue weighted by molar-refractivity contribution is 5.79. The van der Waals surface area contributed by atoms with Crippen LogP contribution in [-0.2, 0) is 11.3 Å². The molecular formula is C17H24N2O2. The van der Waals surface area contributed by atoms with E-state index in [0.717, 1.165) is 32.5 Å². The summed E-state index contributed by atoms with van der Waals surface area (Å²) < 4.78 is 0. The minimum atomic E-state index is -0.444. The third-order valence-electron chi connectivity index (χ3n) is 4.60. The highest BCUT2D eigenvalue weighted by Crippen LogP contribution is 2.28. The molecule has 1 aromatic rings. The minimum Gasteiger partial charge on any atom is -0.390 e. The average Bonchev–Trinajstić information content (AvgIpc) is 2.59. The lowest BCUT2D eigenvalue weighted by Gasteiger charge is -2.31. The largest absolute Gasteiger partial charge is 0.390 e. The van der Waals surface area contributed by atoms with Crippen LogP contribution in [0.4, 0.5) is 0 Å². The Bertz CT molecular complexity index is 473. The van der Waals surface area contributed by atoms with Gasteiger partial charge in [-0.05, 0) is 18.4 Å². The molecule has 1 aliphatic carbocycles. The van der Waals surface area contributed by atoms with Gasteiger partial charge in [-0.1, -0.05) is 36.8 Å². The highest BCUT2D eigenvalue weighted by Gasteiger charge is 2.32. The van der Waals surface area contributed by atoms with Gasteiger partial charge < -0.3 is 10.0 Å². The molecule has 1 saturated heterocycles. The van der Waals surface area contributed by atoms with Crippen molar-refractivity contribution >= 4 is 5.91 Å². The number of rotatable bonds is 3. The van der Waals surface area contributed by atoms with Gasteiger partial charge in [0.2, 0.25) is 5.91 Å². The molecule has 0 bridgehead atoms. The Labute approximate surface area is 126 Å². The van der Waals surface area contributed by atoms with Gasteiger partial charge in [0.25, 0.3) is 0 Å². The van der Waals surface area contributed by atoms with E-state index in [1.807, 2.05) is 23.1 Å². The van der Waals surface area contributed by atoms with E-state index in [2.05, 4.69) is 17.0 Å². The molecule has 2 fully saturated rings. The molecule has 0 radical (unpaired) electrons. The van der Waals surface area contributed by atoms with Crippen molar-refractivity contribution in [3.63, 3.8) is 0 Å². The predicted molar refractivity (Wildman–Crippen MR) is 81.6 cm³/mol. The van der Waals surface area contributed by atoms with Crippen molar-refractivity contribution < 1.29 is 9.90 Å². The van der Waals surface area contributed by atoms with Crippen LogP contribution in [0.25, 0.3) is 0 Å². The van der Waals surface area contributed by atoms with Crippen LogP contribution in [0.1, 0.15) is 24.8 Å². The number of β-amino-alcohol motifs (C(OH)–C–C–N with tert-alkyl or cyclic N) is 1. The van der Waals surface area contributed by atoms with Crippen LogP contribution in [-0.4, -0.2) is 53.1 Å². The monoisotopic (exact) mass is 288 g/mol. The first-order valence-electron chi connectivity index (χ1n) is 7.95. The highest BCUT2D eigenvalue weighted by atomic mass is 16.3. The van der Waals surface area contributed by atoms with Crippen molar-refractivity contribution in [2.75, 3.05) is 26.2 Å². The Morgan fingerprint density at radius 1 is 1.14 bits per heavy atom. The number of amides is 1. The molecule has 0 spiro atoms. The van der Waals surface area contributed by atoms with E-state index in [0.29, 0.717) is 13.1 Å². The maximum absolute atomic E-state index is 12.3. The molecule has 21 heavy (non-hydrogen) atoms. The van der Waals surface area contributed by atoms with Gasteiger partial charge in [-0.25, -0.2) is 0 Å². The maximum Gasteiger partial charge on any atom is 0.225 e. The lowest BCUT2D eigenvalue weighted by molar-refractivity contribution is -0.139. The first-order valence-corrected chi connectivity index (χ1v) is 7.95. The Morgan fingerprint density at radius 3 is 2.57 bits per heavy atom. The number of carbonyl (C=O) groups excluding carboxylic acids is 1. The van der Waals surface area contributed by atoms with E-state index < -0.39 is 6.10 Å². The third kappa shape index (κ3) is 3.63. The Morgan fingerprint density at radius 2 is 1.90 bits per heavy atom. The zero-order valence-corrected chi connectivity index (χ0v) is 12.4. The number of carbonyl (C=O) groups is 1. The third-order valence-corrected chi connectivity index (χ3v) is 4.60. The van der Waals surface area contributed by atoms with Crippen LogP contribution < -0.4 is 0 Å². The van der Waals surface area contributed by atoms with Crippen molar-refractivity contribution in [2.24, 2.45) is 5.92 Å². The van der Waals surface area contributed by atoms with Gasteiger partial charge in [0.1, 0.15) is 0 Å². The van der Waals surface area contributed by atoms with E-state index in [-0.39, 0.29) is 11.8 Å². The zero-order chi connectivity index (χ0) is 14.7. The van der Waals surface area contributed by atoms with Gasteiger partial charge >= 0.3 is 0 Å². The minimum absolute atomic E-state index is 0.220. The number of aliphatic hydroxyl groups excluding tert-OH is 1. The predicted octanol–water partition coefficient (Wildman–Crippen LogP) is 1.49. The number of hydrogen-bond acceptors (Lipinski definition) is 3. The lowest BCUT2D eigenvalue weighted by Crippen LogP contribution is -2.43. The molecular weight excluding hydrogens is 264 g/mol. The zero-order valence-electron chi connectivity index (χ0n) is 12.4. The molecule has 4 nitrogen and oxygen atoms in total. The van der Waals surface area contributed by atoms with Crippen LogP contribution in [0.2, 0.25) is 0 Å². The summed E-state index contributed by atoms with van der Waals surface area (Å²) >= 11 is 0. The van der Waals surface area contributed by atoms with Gasteiger partial charge in [-0.2, -0.15) is 0 Å². The number of hydrogen-bond donors (Lipinski definition) is 1. The second kappa shape index (κ2) is 6.58. The SMILES string of the molecule is O=C(C1CCC1)N1CCN(Cc2ccccc2)C[C@H](O)C1. The maximum atomic E-state index is 12.3. The second-order valence-electron chi connectivity index (χ2n) is 6.29. The molecule has 1 aliphatic heterocycles. The van der Waals surface area contributed by atoms with Crippen LogP contribution >= 0.6 is 0 Å². The molecule has 4 heteroatoms. The van der Waals surface area contributed by atoms with Crippen LogP contribution in [0.3, 0.4) is 0 Å². The summed E-state index contributed by atoms with van der Waals surface area (Å²) in [6.07, 6.45) is 2.78. The van der Waals surface area contributed by atoms with Crippen molar-refractivity contribution in [3.05, 3.63) is 35.9 Å². The van der Waals surface area contributed by atoms with E-state index in [1.54, 1.807) is 0 Å². The van der Waals surface area contributed by atoms with Crippen LogP contribution in [0, 0.1) is 5.92 Å². The molecule has 1 N–H and O–H groups in total. The van der Waals surface area contributed by atoms with Crippen LogP contribution in [0.5, 0.6) is 0 Å². The first-order chi connectivity index (χ1) is 10.2. The summed E-state index contributed by atoms with van der Waals surface area (Å²) in [4.78, 5) is 16.5. The molecule has 0 aromatic heterocycles. The van der Waals surface area contributed by atoms with E-state index >= 15 is 0 Å². The number of benzene rings is 1. The first kappa shape index (κ1) is 14.5. The van der Waals surface area contributed by atoms with Crippen molar-refractivity contribution in [2.45, 2.75) is 31.9 Å². The summed E-state index contributed by atoms with van der Waals surface area (Å²) in [7, 11) is 0. The van der Waals surface area contributed by atoms with Gasteiger partial charge in [-0.15, -0.1) is 0 Å².